The van der Waals surface area contributed by atoms with E-state index in [1.54, 1.807) is 4.90 Å². The second-order valence-corrected chi connectivity index (χ2v) is 4.26. The third-order valence-corrected chi connectivity index (χ3v) is 3.12. The van der Waals surface area contributed by atoms with E-state index < -0.39 is 5.97 Å². The van der Waals surface area contributed by atoms with Gasteiger partial charge in [-0.15, -0.1) is 0 Å². The van der Waals surface area contributed by atoms with Gasteiger partial charge in [-0.05, 0) is 12.8 Å². The molecular weight excluding hydrogens is 210 g/mol. The highest BCUT2D eigenvalue weighted by atomic mass is 16.4. The van der Waals surface area contributed by atoms with Crippen molar-refractivity contribution in [1.29, 1.82) is 0 Å². The van der Waals surface area contributed by atoms with Crippen LogP contribution in [0.25, 0.3) is 0 Å². The van der Waals surface area contributed by atoms with Crippen molar-refractivity contribution in [3.8, 4) is 0 Å². The summed E-state index contributed by atoms with van der Waals surface area (Å²) in [5, 5.41) is 18.1. The molecule has 1 amide bonds. The average molecular weight is 229 g/mol. The quantitative estimate of drug-likeness (QED) is 0.734. The molecule has 1 saturated heterocycles. The van der Waals surface area contributed by atoms with Crippen LogP contribution in [0.15, 0.2) is 0 Å². The van der Waals surface area contributed by atoms with Crippen LogP contribution in [0, 0.1) is 5.92 Å². The van der Waals surface area contributed by atoms with Crippen molar-refractivity contribution in [2.45, 2.75) is 38.7 Å². The molecule has 5 heteroatoms. The molecular formula is C11H19NO4. The number of nitrogens with zero attached hydrogens (tertiary/aromatic N) is 1. The van der Waals surface area contributed by atoms with Crippen molar-refractivity contribution in [1.82, 2.24) is 4.90 Å². The van der Waals surface area contributed by atoms with E-state index in [4.69, 9.17) is 5.11 Å². The lowest BCUT2D eigenvalue weighted by Crippen LogP contribution is -2.45. The summed E-state index contributed by atoms with van der Waals surface area (Å²) in [5.74, 6) is -0.937. The van der Waals surface area contributed by atoms with Gasteiger partial charge in [-0.25, -0.2) is 0 Å². The second kappa shape index (κ2) is 5.84. The Morgan fingerprint density at radius 2 is 2.06 bits per heavy atom. The Morgan fingerprint density at radius 3 is 2.62 bits per heavy atom. The van der Waals surface area contributed by atoms with Crippen LogP contribution in [0.2, 0.25) is 0 Å². The van der Waals surface area contributed by atoms with Crippen LogP contribution in [0.4, 0.5) is 0 Å². The van der Waals surface area contributed by atoms with Crippen LogP contribution >= 0.6 is 0 Å². The number of hydrogen-bond acceptors (Lipinski definition) is 3. The lowest BCUT2D eigenvalue weighted by atomic mass is 9.92. The van der Waals surface area contributed by atoms with E-state index in [0.717, 1.165) is 6.42 Å². The van der Waals surface area contributed by atoms with Gasteiger partial charge in [0.05, 0.1) is 12.5 Å². The van der Waals surface area contributed by atoms with E-state index in [1.165, 1.54) is 0 Å². The van der Waals surface area contributed by atoms with E-state index in [9.17, 15) is 14.7 Å². The van der Waals surface area contributed by atoms with Crippen LogP contribution in [-0.4, -0.2) is 46.2 Å². The van der Waals surface area contributed by atoms with Crippen molar-refractivity contribution >= 4 is 11.9 Å². The van der Waals surface area contributed by atoms with Gasteiger partial charge >= 0.3 is 5.97 Å². The predicted molar refractivity (Wildman–Crippen MR) is 57.9 cm³/mol. The van der Waals surface area contributed by atoms with Crippen LogP contribution in [0.5, 0.6) is 0 Å². The zero-order valence-corrected chi connectivity index (χ0v) is 9.56. The van der Waals surface area contributed by atoms with Gasteiger partial charge in [0.1, 0.15) is 0 Å². The first-order chi connectivity index (χ1) is 7.54. The Morgan fingerprint density at radius 1 is 1.38 bits per heavy atom. The van der Waals surface area contributed by atoms with Crippen LogP contribution in [-0.2, 0) is 9.59 Å². The molecule has 0 saturated carbocycles. The number of carbonyl (C=O) groups excluding carboxylic acids is 1. The number of amides is 1. The summed E-state index contributed by atoms with van der Waals surface area (Å²) in [4.78, 5) is 23.7. The minimum absolute atomic E-state index is 0.0574. The van der Waals surface area contributed by atoms with Crippen molar-refractivity contribution in [2.75, 3.05) is 13.1 Å². The minimum Gasteiger partial charge on any atom is -0.481 e. The molecule has 0 aromatic heterocycles. The highest BCUT2D eigenvalue weighted by Crippen LogP contribution is 2.20. The smallest absolute Gasteiger partial charge is 0.303 e. The monoisotopic (exact) mass is 229 g/mol. The predicted octanol–water partition coefficient (Wildman–Crippen LogP) is 0.471. The fourth-order valence-corrected chi connectivity index (χ4v) is 2.02. The summed E-state index contributed by atoms with van der Waals surface area (Å²) in [6, 6.07) is 0. The SMILES string of the molecule is CC[C@@H]1CN(C(=O)CCC(=O)O)CC[C@@H]1O. The molecule has 0 bridgehead atoms. The molecule has 92 valence electrons. The molecule has 0 aromatic carbocycles. The molecule has 1 rings (SSSR count). The number of carbonyl (C=O) groups is 2. The number of hydrogen-bond donors (Lipinski definition) is 2. The van der Waals surface area contributed by atoms with Gasteiger partial charge < -0.3 is 15.1 Å². The number of likely N-dealkylation sites (tertiary alicyclic amines) is 1. The van der Waals surface area contributed by atoms with Gasteiger partial charge in [-0.3, -0.25) is 9.59 Å². The van der Waals surface area contributed by atoms with Crippen molar-refractivity contribution in [2.24, 2.45) is 5.92 Å². The van der Waals surface area contributed by atoms with Gasteiger partial charge in [-0.1, -0.05) is 6.92 Å². The third kappa shape index (κ3) is 3.48. The average Bonchev–Trinajstić information content (AvgIpc) is 2.26. The molecule has 1 fully saturated rings. The Bertz CT molecular complexity index is 267. The number of aliphatic hydroxyl groups excluding tert-OH is 1. The normalized spacial score (nSPS) is 25.5. The number of rotatable bonds is 4. The maximum atomic E-state index is 11.7. The first-order valence-electron chi connectivity index (χ1n) is 5.72. The first kappa shape index (κ1) is 13.0. The Kier molecular flexibility index (Phi) is 4.73. The summed E-state index contributed by atoms with van der Waals surface area (Å²) < 4.78 is 0. The maximum Gasteiger partial charge on any atom is 0.303 e. The maximum absolute atomic E-state index is 11.7. The molecule has 0 radical (unpaired) electrons. The zero-order chi connectivity index (χ0) is 12.1. The standard InChI is InChI=1S/C11H19NO4/c1-2-8-7-12(6-5-9(8)13)10(14)3-4-11(15)16/h8-9,13H,2-7H2,1H3,(H,15,16)/t8-,9+/m1/s1. The third-order valence-electron chi connectivity index (χ3n) is 3.12. The molecule has 1 aliphatic heterocycles. The molecule has 0 aliphatic carbocycles. The van der Waals surface area contributed by atoms with Crippen molar-refractivity contribution < 1.29 is 19.8 Å². The van der Waals surface area contributed by atoms with Crippen molar-refractivity contribution in [3.63, 3.8) is 0 Å². The zero-order valence-electron chi connectivity index (χ0n) is 9.56. The lowest BCUT2D eigenvalue weighted by Gasteiger charge is -2.35. The fourth-order valence-electron chi connectivity index (χ4n) is 2.02. The molecule has 1 heterocycles. The Balaban J connectivity index is 2.42. The highest BCUT2D eigenvalue weighted by Gasteiger charge is 2.28. The summed E-state index contributed by atoms with van der Waals surface area (Å²) in [6.45, 7) is 3.07. The molecule has 2 atom stereocenters. The van der Waals surface area contributed by atoms with Gasteiger partial charge in [0, 0.05) is 25.4 Å². The van der Waals surface area contributed by atoms with E-state index in [2.05, 4.69) is 0 Å². The largest absolute Gasteiger partial charge is 0.481 e. The fraction of sp³-hybridized carbons (Fsp3) is 0.818. The van der Waals surface area contributed by atoms with E-state index >= 15 is 0 Å². The summed E-state index contributed by atoms with van der Waals surface area (Å²) >= 11 is 0. The second-order valence-electron chi connectivity index (χ2n) is 4.26. The van der Waals surface area contributed by atoms with Gasteiger partial charge in [0.25, 0.3) is 0 Å². The molecule has 0 aromatic rings. The molecule has 0 unspecified atom stereocenters. The Labute approximate surface area is 95.1 Å². The Hall–Kier alpha value is -1.10. The molecule has 0 spiro atoms. The number of carboxylic acid groups (broad SMARTS) is 1. The topological polar surface area (TPSA) is 77.8 Å². The van der Waals surface area contributed by atoms with E-state index in [0.29, 0.717) is 19.5 Å². The van der Waals surface area contributed by atoms with E-state index in [-0.39, 0.29) is 30.8 Å². The van der Waals surface area contributed by atoms with Gasteiger partial charge in [0.15, 0.2) is 0 Å². The van der Waals surface area contributed by atoms with Crippen LogP contribution in [0.1, 0.15) is 32.6 Å². The highest BCUT2D eigenvalue weighted by molar-refractivity contribution is 5.80. The first-order valence-corrected chi connectivity index (χ1v) is 5.72. The number of piperidine rings is 1. The lowest BCUT2D eigenvalue weighted by molar-refractivity contribution is -0.142. The van der Waals surface area contributed by atoms with Crippen molar-refractivity contribution in [3.05, 3.63) is 0 Å². The summed E-state index contributed by atoms with van der Waals surface area (Å²) in [5.41, 5.74) is 0. The molecule has 16 heavy (non-hydrogen) atoms. The number of aliphatic hydroxyl groups is 1. The van der Waals surface area contributed by atoms with Gasteiger partial charge in [-0.2, -0.15) is 0 Å². The van der Waals surface area contributed by atoms with Gasteiger partial charge in [0.2, 0.25) is 5.91 Å². The molecule has 2 N–H and O–H groups in total. The summed E-state index contributed by atoms with van der Waals surface area (Å²) in [7, 11) is 0. The minimum atomic E-state index is -0.947. The summed E-state index contributed by atoms with van der Waals surface area (Å²) in [6.07, 6.45) is 1.05. The van der Waals surface area contributed by atoms with Crippen LogP contribution in [0.3, 0.4) is 0 Å². The molecule has 5 nitrogen and oxygen atoms in total. The molecule has 1 aliphatic rings. The number of carboxylic acids is 1. The van der Waals surface area contributed by atoms with Crippen LogP contribution < -0.4 is 0 Å². The number of aliphatic carboxylic acids is 1. The van der Waals surface area contributed by atoms with E-state index in [1.807, 2.05) is 6.92 Å².